The van der Waals surface area contributed by atoms with E-state index in [4.69, 9.17) is 33.7 Å². The number of carbonyl (C=O) groups excluding carboxylic acids is 1. The molecule has 2 N–H and O–H groups in total. The van der Waals surface area contributed by atoms with E-state index >= 15 is 4.79 Å². The highest BCUT2D eigenvalue weighted by Crippen LogP contribution is 2.62. The summed E-state index contributed by atoms with van der Waals surface area (Å²) in [7, 11) is 0. The van der Waals surface area contributed by atoms with Gasteiger partial charge in [0.05, 0.1) is 29.2 Å². The molecule has 2 heterocycles. The first kappa shape index (κ1) is 48.8. The van der Waals surface area contributed by atoms with Gasteiger partial charge in [0.2, 0.25) is 18.5 Å². The van der Waals surface area contributed by atoms with E-state index in [0.717, 1.165) is 67.2 Å². The molecule has 2 saturated carbocycles. The lowest BCUT2D eigenvalue weighted by Crippen LogP contribution is -2.70. The predicted molar refractivity (Wildman–Crippen MR) is 264 cm³/mol. The third-order valence-electron chi connectivity index (χ3n) is 14.9. The molecule has 3 aliphatic carbocycles. The number of allylic oxidation sites excluding steroid dienone is 1. The molecule has 5 aliphatic rings. The number of ether oxygens (including phenoxy) is 5. The number of benzene rings is 4. The lowest BCUT2D eigenvalue weighted by atomic mass is 9.55. The predicted octanol–water partition coefficient (Wildman–Crippen LogP) is 10.9. The monoisotopic (exact) mass is 955 g/mol. The quantitative estimate of drug-likeness (QED) is 0.0314. The van der Waals surface area contributed by atoms with Gasteiger partial charge >= 0.3 is 0 Å². The molecule has 4 aromatic carbocycles. The normalized spacial score (nSPS) is 23.7. The zero-order chi connectivity index (χ0) is 48.5. The number of nitro benzene ring substituents is 1. The summed E-state index contributed by atoms with van der Waals surface area (Å²) in [6, 6.07) is 26.8. The second-order valence-corrected chi connectivity index (χ2v) is 19.3. The molecular weight excluding hydrogens is 891 g/mol. The smallest absolute Gasteiger partial charge is 0.273 e. The van der Waals surface area contributed by atoms with Gasteiger partial charge in [0.1, 0.15) is 29.9 Å². The molecule has 0 bridgehead atoms. The number of oxime groups is 1. The van der Waals surface area contributed by atoms with Crippen molar-refractivity contribution in [3.05, 3.63) is 142 Å². The summed E-state index contributed by atoms with van der Waals surface area (Å²) >= 11 is 0. The fourth-order valence-corrected chi connectivity index (χ4v) is 11.6. The van der Waals surface area contributed by atoms with Crippen molar-refractivity contribution < 1.29 is 48.5 Å². The van der Waals surface area contributed by atoms with E-state index in [-0.39, 0.29) is 75.5 Å². The van der Waals surface area contributed by atoms with Crippen LogP contribution in [0.1, 0.15) is 106 Å². The lowest BCUT2D eigenvalue weighted by molar-refractivity contribution is -0.384. The molecular formula is C56H65N3O11. The van der Waals surface area contributed by atoms with E-state index in [1.165, 1.54) is 25.0 Å². The third kappa shape index (κ3) is 10.7. The highest BCUT2D eigenvalue weighted by atomic mass is 16.7. The van der Waals surface area contributed by atoms with E-state index < -0.39 is 22.7 Å². The summed E-state index contributed by atoms with van der Waals surface area (Å²) in [6.45, 7) is 4.94. The van der Waals surface area contributed by atoms with Crippen LogP contribution in [0.3, 0.4) is 0 Å². The summed E-state index contributed by atoms with van der Waals surface area (Å²) < 4.78 is 32.7. The van der Waals surface area contributed by atoms with Crippen molar-refractivity contribution in [2.45, 2.75) is 114 Å². The summed E-state index contributed by atoms with van der Waals surface area (Å²) in [4.78, 5) is 35.0. The van der Waals surface area contributed by atoms with E-state index in [0.29, 0.717) is 59.6 Å². The fourth-order valence-electron chi connectivity index (χ4n) is 11.6. The number of amides is 1. The second-order valence-electron chi connectivity index (χ2n) is 19.3. The Bertz CT molecular complexity index is 2520. The van der Waals surface area contributed by atoms with Crippen LogP contribution in [0.2, 0.25) is 0 Å². The van der Waals surface area contributed by atoms with Crippen molar-refractivity contribution in [3.8, 4) is 28.7 Å². The highest BCUT2D eigenvalue weighted by Gasteiger charge is 2.65. The van der Waals surface area contributed by atoms with Gasteiger partial charge in [-0.05, 0) is 103 Å². The SMILES string of the molecule is C=CCOC12Oc3ccc(Oc4cccc([N+](=O)[O-])c4)cc3C3C(CCCCO)C(CCCCO)C=C(C(=NOCc4ccccc4)CC1N(Cc1ccc4c(c1)OCO4)C(=O)CCC1CCCC1)C32. The van der Waals surface area contributed by atoms with Gasteiger partial charge in [0.15, 0.2) is 11.5 Å². The van der Waals surface area contributed by atoms with Gasteiger partial charge in [0.25, 0.3) is 5.69 Å². The molecule has 6 unspecified atom stereocenters. The molecule has 14 nitrogen and oxygen atoms in total. The summed E-state index contributed by atoms with van der Waals surface area (Å²) in [5.74, 6) is 0.783. The number of nitro groups is 1. The Hall–Kier alpha value is -6.22. The van der Waals surface area contributed by atoms with Gasteiger partial charge in [-0.15, -0.1) is 6.58 Å². The number of fused-ring (bicyclic) bond motifs is 3. The number of carbonyl (C=O) groups is 1. The second kappa shape index (κ2) is 22.7. The van der Waals surface area contributed by atoms with Crippen LogP contribution in [-0.2, 0) is 27.5 Å². The van der Waals surface area contributed by atoms with Crippen molar-refractivity contribution in [2.24, 2.45) is 28.8 Å². The number of hydrogen-bond acceptors (Lipinski definition) is 12. The maximum atomic E-state index is 15.4. The molecule has 70 heavy (non-hydrogen) atoms. The average molecular weight is 956 g/mol. The zero-order valence-electron chi connectivity index (χ0n) is 39.8. The molecule has 6 atom stereocenters. The van der Waals surface area contributed by atoms with Crippen LogP contribution in [-0.4, -0.2) is 70.1 Å². The zero-order valence-corrected chi connectivity index (χ0v) is 39.8. The van der Waals surface area contributed by atoms with Gasteiger partial charge in [-0.3, -0.25) is 14.9 Å². The Balaban J connectivity index is 1.23. The minimum Gasteiger partial charge on any atom is -0.459 e. The number of unbranched alkanes of at least 4 members (excludes halogenated alkanes) is 2. The van der Waals surface area contributed by atoms with E-state index in [9.17, 15) is 20.3 Å². The number of aliphatic hydroxyl groups excluding tert-OH is 2. The van der Waals surface area contributed by atoms with E-state index in [1.54, 1.807) is 24.3 Å². The molecule has 0 aromatic heterocycles. The number of aliphatic hydroxyl groups is 2. The van der Waals surface area contributed by atoms with Gasteiger partial charge in [-0.2, -0.15) is 0 Å². The topological polar surface area (TPSA) is 172 Å². The average Bonchev–Trinajstić information content (AvgIpc) is 4.09. The van der Waals surface area contributed by atoms with Crippen LogP contribution in [0.4, 0.5) is 5.69 Å². The van der Waals surface area contributed by atoms with Crippen LogP contribution >= 0.6 is 0 Å². The van der Waals surface area contributed by atoms with Crippen molar-refractivity contribution in [2.75, 3.05) is 26.6 Å². The third-order valence-corrected chi connectivity index (χ3v) is 14.9. The molecule has 0 radical (unpaired) electrons. The molecule has 2 fully saturated rings. The molecule has 2 aliphatic heterocycles. The molecule has 0 saturated heterocycles. The van der Waals surface area contributed by atoms with E-state index in [2.05, 4.69) is 12.7 Å². The summed E-state index contributed by atoms with van der Waals surface area (Å²) in [5.41, 5.74) is 4.23. The number of non-ortho nitro benzene ring substituents is 1. The molecule has 0 spiro atoms. The van der Waals surface area contributed by atoms with Crippen molar-refractivity contribution >= 4 is 17.3 Å². The first-order valence-electron chi connectivity index (χ1n) is 25.1. The van der Waals surface area contributed by atoms with Crippen LogP contribution in [0.25, 0.3) is 0 Å². The summed E-state index contributed by atoms with van der Waals surface area (Å²) in [6.07, 6.45) is 14.4. The Kier molecular flexibility index (Phi) is 15.8. The van der Waals surface area contributed by atoms with Gasteiger partial charge in [-0.1, -0.05) is 98.3 Å². The first-order valence-corrected chi connectivity index (χ1v) is 25.1. The largest absolute Gasteiger partial charge is 0.459 e. The number of hydrogen-bond donors (Lipinski definition) is 2. The minimum atomic E-state index is -1.47. The molecule has 370 valence electrons. The minimum absolute atomic E-state index is 0.0135. The lowest BCUT2D eigenvalue weighted by Gasteiger charge is -2.60. The van der Waals surface area contributed by atoms with Crippen molar-refractivity contribution in [1.82, 2.24) is 4.90 Å². The maximum absolute atomic E-state index is 15.4. The van der Waals surface area contributed by atoms with Crippen molar-refractivity contribution in [1.29, 1.82) is 0 Å². The van der Waals surface area contributed by atoms with Crippen LogP contribution in [0.15, 0.2) is 120 Å². The number of nitrogens with zero attached hydrogens (tertiary/aromatic N) is 3. The fraction of sp³-hybridized carbons (Fsp3) is 0.464. The standard InChI is InChI=1S/C56H65N3O11/c1-2-29-67-56-52(58(53(62)26-22-38-13-6-7-14-38)35-40-21-24-50-51(30-40)66-37-65-50)34-48(57-68-36-39-15-4-3-5-16-39)46-31-41(17-8-10-27-60)45(20-9-11-28-61)54(55(46)56)47-33-44(23-25-49(47)70-56)69-43-19-12-18-42(32-43)59(63)64/h2-5,12,15-16,18-19,21,23-25,30-33,38,41,45,52,54-55,60-61H,1,6-11,13-14,17,20,22,26-29,34-37H2. The van der Waals surface area contributed by atoms with E-state index in [1.807, 2.05) is 65.6 Å². The molecule has 9 rings (SSSR count). The van der Waals surface area contributed by atoms with Crippen LogP contribution in [0.5, 0.6) is 28.7 Å². The Morgan fingerprint density at radius 3 is 2.43 bits per heavy atom. The van der Waals surface area contributed by atoms with Crippen LogP contribution < -0.4 is 18.9 Å². The maximum Gasteiger partial charge on any atom is 0.273 e. The Morgan fingerprint density at radius 2 is 1.64 bits per heavy atom. The van der Waals surface area contributed by atoms with Gasteiger partial charge in [-0.25, -0.2) is 0 Å². The van der Waals surface area contributed by atoms with Crippen molar-refractivity contribution in [3.63, 3.8) is 0 Å². The Labute approximate surface area is 410 Å². The summed E-state index contributed by atoms with van der Waals surface area (Å²) in [5, 5.41) is 36.9. The number of rotatable bonds is 23. The van der Waals surface area contributed by atoms with Gasteiger partial charge < -0.3 is 43.6 Å². The van der Waals surface area contributed by atoms with Gasteiger partial charge in [0, 0.05) is 50.1 Å². The molecule has 4 aromatic rings. The Morgan fingerprint density at radius 1 is 0.871 bits per heavy atom. The highest BCUT2D eigenvalue weighted by molar-refractivity contribution is 6.03. The molecule has 1 amide bonds. The van der Waals surface area contributed by atoms with Crippen LogP contribution in [0, 0.1) is 33.8 Å². The first-order chi connectivity index (χ1) is 34.3. The molecule has 14 heteroatoms.